The third-order valence-electron chi connectivity index (χ3n) is 2.82. The van der Waals surface area contributed by atoms with E-state index in [1.807, 2.05) is 30.3 Å². The molecule has 0 unspecified atom stereocenters. The maximum atomic E-state index is 13.2. The number of methoxy groups -OCH3 is 1. The second-order valence-corrected chi connectivity index (χ2v) is 4.28. The molecule has 2 rings (SSSR count). The SMILES string of the molecule is COc1ccc(F)cc1COC(=O)Cc1ccccc1. The smallest absolute Gasteiger partial charge is 0.310 e. The maximum absolute atomic E-state index is 13.2. The Labute approximate surface area is 117 Å². The highest BCUT2D eigenvalue weighted by molar-refractivity contribution is 5.72. The van der Waals surface area contributed by atoms with Crippen molar-refractivity contribution in [3.05, 3.63) is 65.5 Å². The van der Waals surface area contributed by atoms with E-state index in [-0.39, 0.29) is 24.8 Å². The predicted octanol–water partition coefficient (Wildman–Crippen LogP) is 3.12. The van der Waals surface area contributed by atoms with Crippen LogP contribution in [0.1, 0.15) is 11.1 Å². The van der Waals surface area contributed by atoms with Crippen molar-refractivity contribution in [3.63, 3.8) is 0 Å². The Hall–Kier alpha value is -2.36. The highest BCUT2D eigenvalue weighted by Gasteiger charge is 2.09. The molecule has 0 N–H and O–H groups in total. The molecule has 0 saturated carbocycles. The molecule has 0 heterocycles. The fraction of sp³-hybridized carbons (Fsp3) is 0.188. The van der Waals surface area contributed by atoms with Crippen molar-refractivity contribution in [2.45, 2.75) is 13.0 Å². The summed E-state index contributed by atoms with van der Waals surface area (Å²) < 4.78 is 23.4. The molecule has 0 aliphatic carbocycles. The molecule has 2 aromatic carbocycles. The average molecular weight is 274 g/mol. The van der Waals surface area contributed by atoms with Gasteiger partial charge in [0, 0.05) is 5.56 Å². The Balaban J connectivity index is 1.95. The number of hydrogen-bond donors (Lipinski definition) is 0. The molecule has 0 spiro atoms. The molecular weight excluding hydrogens is 259 g/mol. The van der Waals surface area contributed by atoms with Crippen LogP contribution in [0.15, 0.2) is 48.5 Å². The average Bonchev–Trinajstić information content (AvgIpc) is 2.46. The van der Waals surface area contributed by atoms with Crippen LogP contribution in [0.2, 0.25) is 0 Å². The van der Waals surface area contributed by atoms with E-state index in [2.05, 4.69) is 0 Å². The van der Waals surface area contributed by atoms with Crippen LogP contribution >= 0.6 is 0 Å². The van der Waals surface area contributed by atoms with E-state index < -0.39 is 0 Å². The summed E-state index contributed by atoms with van der Waals surface area (Å²) in [5.41, 5.74) is 1.39. The molecule has 0 bridgehead atoms. The Morgan fingerprint density at radius 1 is 1.15 bits per heavy atom. The first-order valence-electron chi connectivity index (χ1n) is 6.21. The molecule has 104 valence electrons. The molecule has 2 aromatic rings. The molecule has 0 fully saturated rings. The van der Waals surface area contributed by atoms with Gasteiger partial charge in [-0.1, -0.05) is 30.3 Å². The van der Waals surface area contributed by atoms with Gasteiger partial charge in [-0.2, -0.15) is 0 Å². The van der Waals surface area contributed by atoms with Crippen molar-refractivity contribution in [3.8, 4) is 5.75 Å². The standard InChI is InChI=1S/C16H15FO3/c1-19-15-8-7-14(17)10-13(15)11-20-16(18)9-12-5-3-2-4-6-12/h2-8,10H,9,11H2,1H3. The number of carbonyl (C=O) groups excluding carboxylic acids is 1. The number of esters is 1. The second kappa shape index (κ2) is 6.70. The van der Waals surface area contributed by atoms with Gasteiger partial charge in [0.05, 0.1) is 13.5 Å². The summed E-state index contributed by atoms with van der Waals surface area (Å²) in [6.45, 7) is -0.00734. The maximum Gasteiger partial charge on any atom is 0.310 e. The van der Waals surface area contributed by atoms with E-state index in [1.54, 1.807) is 0 Å². The fourth-order valence-electron chi connectivity index (χ4n) is 1.83. The van der Waals surface area contributed by atoms with Crippen LogP contribution in [0.25, 0.3) is 0 Å². The van der Waals surface area contributed by atoms with Crippen molar-refractivity contribution in [1.82, 2.24) is 0 Å². The first-order valence-corrected chi connectivity index (χ1v) is 6.21. The summed E-state index contributed by atoms with van der Waals surface area (Å²) in [6, 6.07) is 13.4. The van der Waals surface area contributed by atoms with Crippen LogP contribution in [0.5, 0.6) is 5.75 Å². The van der Waals surface area contributed by atoms with E-state index in [1.165, 1.54) is 25.3 Å². The molecule has 20 heavy (non-hydrogen) atoms. The quantitative estimate of drug-likeness (QED) is 0.786. The van der Waals surface area contributed by atoms with E-state index >= 15 is 0 Å². The summed E-state index contributed by atoms with van der Waals surface area (Å²) in [4.78, 5) is 11.7. The van der Waals surface area contributed by atoms with Gasteiger partial charge in [-0.15, -0.1) is 0 Å². The molecule has 0 atom stereocenters. The lowest BCUT2D eigenvalue weighted by molar-refractivity contribution is -0.144. The van der Waals surface area contributed by atoms with Crippen LogP contribution < -0.4 is 4.74 Å². The third kappa shape index (κ3) is 3.82. The second-order valence-electron chi connectivity index (χ2n) is 4.28. The summed E-state index contributed by atoms with van der Waals surface area (Å²) in [5, 5.41) is 0. The normalized spacial score (nSPS) is 10.1. The van der Waals surface area contributed by atoms with Crippen molar-refractivity contribution in [2.24, 2.45) is 0 Å². The number of hydrogen-bond acceptors (Lipinski definition) is 3. The van der Waals surface area contributed by atoms with Gasteiger partial charge in [0.15, 0.2) is 0 Å². The molecule has 0 saturated heterocycles. The number of rotatable bonds is 5. The molecule has 3 nitrogen and oxygen atoms in total. The number of ether oxygens (including phenoxy) is 2. The zero-order chi connectivity index (χ0) is 14.4. The summed E-state index contributed by atoms with van der Waals surface area (Å²) in [6.07, 6.45) is 0.193. The minimum absolute atomic E-state index is 0.00734. The highest BCUT2D eigenvalue weighted by atomic mass is 19.1. The lowest BCUT2D eigenvalue weighted by Crippen LogP contribution is -2.08. The predicted molar refractivity (Wildman–Crippen MR) is 72.9 cm³/mol. The fourth-order valence-corrected chi connectivity index (χ4v) is 1.83. The van der Waals surface area contributed by atoms with Gasteiger partial charge in [0.25, 0.3) is 0 Å². The Morgan fingerprint density at radius 3 is 2.60 bits per heavy atom. The van der Waals surface area contributed by atoms with Gasteiger partial charge in [-0.05, 0) is 23.8 Å². The van der Waals surface area contributed by atoms with Crippen molar-refractivity contribution >= 4 is 5.97 Å². The topological polar surface area (TPSA) is 35.5 Å². The number of carbonyl (C=O) groups is 1. The van der Waals surface area contributed by atoms with Crippen molar-refractivity contribution in [1.29, 1.82) is 0 Å². The number of halogens is 1. The molecule has 0 amide bonds. The molecular formula is C16H15FO3. The molecule has 0 radical (unpaired) electrons. The Morgan fingerprint density at radius 2 is 1.90 bits per heavy atom. The zero-order valence-corrected chi connectivity index (χ0v) is 11.1. The van der Waals surface area contributed by atoms with E-state index in [0.29, 0.717) is 11.3 Å². The lowest BCUT2D eigenvalue weighted by Gasteiger charge is -2.09. The van der Waals surface area contributed by atoms with E-state index in [4.69, 9.17) is 9.47 Å². The summed E-state index contributed by atoms with van der Waals surface area (Å²) in [7, 11) is 1.49. The first kappa shape index (κ1) is 14.1. The Kier molecular flexibility index (Phi) is 4.71. The van der Waals surface area contributed by atoms with Gasteiger partial charge in [-0.3, -0.25) is 4.79 Å². The van der Waals surface area contributed by atoms with Gasteiger partial charge in [0.1, 0.15) is 18.2 Å². The van der Waals surface area contributed by atoms with E-state index in [0.717, 1.165) is 5.56 Å². The zero-order valence-electron chi connectivity index (χ0n) is 11.1. The summed E-state index contributed by atoms with van der Waals surface area (Å²) in [5.74, 6) is -0.249. The van der Waals surface area contributed by atoms with Crippen molar-refractivity contribution < 1.29 is 18.7 Å². The van der Waals surface area contributed by atoms with Crippen LogP contribution in [0, 0.1) is 5.82 Å². The number of benzene rings is 2. The van der Waals surface area contributed by atoms with Crippen LogP contribution in [-0.2, 0) is 22.6 Å². The monoisotopic (exact) mass is 274 g/mol. The van der Waals surface area contributed by atoms with Crippen LogP contribution in [-0.4, -0.2) is 13.1 Å². The van der Waals surface area contributed by atoms with Gasteiger partial charge >= 0.3 is 5.97 Å². The van der Waals surface area contributed by atoms with Crippen molar-refractivity contribution in [2.75, 3.05) is 7.11 Å². The largest absolute Gasteiger partial charge is 0.496 e. The minimum atomic E-state index is -0.389. The van der Waals surface area contributed by atoms with Gasteiger partial charge in [-0.25, -0.2) is 4.39 Å². The van der Waals surface area contributed by atoms with Gasteiger partial charge < -0.3 is 9.47 Å². The molecule has 0 aromatic heterocycles. The summed E-state index contributed by atoms with van der Waals surface area (Å²) >= 11 is 0. The highest BCUT2D eigenvalue weighted by Crippen LogP contribution is 2.20. The third-order valence-corrected chi connectivity index (χ3v) is 2.82. The molecule has 0 aliphatic heterocycles. The van der Waals surface area contributed by atoms with E-state index in [9.17, 15) is 9.18 Å². The first-order chi connectivity index (χ1) is 9.69. The lowest BCUT2D eigenvalue weighted by atomic mass is 10.1. The van der Waals surface area contributed by atoms with Crippen LogP contribution in [0.3, 0.4) is 0 Å². The van der Waals surface area contributed by atoms with Crippen LogP contribution in [0.4, 0.5) is 4.39 Å². The van der Waals surface area contributed by atoms with Gasteiger partial charge in [0.2, 0.25) is 0 Å². The minimum Gasteiger partial charge on any atom is -0.496 e. The molecule has 0 aliphatic rings. The Bertz CT molecular complexity index is 582. The molecule has 4 heteroatoms.